The van der Waals surface area contributed by atoms with Gasteiger partial charge in [-0.3, -0.25) is 0 Å². The Hall–Kier alpha value is -0.710. The summed E-state index contributed by atoms with van der Waals surface area (Å²) in [5.74, 6) is 0. The molecule has 2 aromatic carbocycles. The molecule has 0 aliphatic carbocycles. The highest BCUT2D eigenvalue weighted by Crippen LogP contribution is 2.12. The smallest absolute Gasteiger partial charge is 0.106 e. The first-order chi connectivity index (χ1) is 8.65. The minimum absolute atomic E-state index is 0.738. The molecule has 0 aliphatic heterocycles. The SMILES string of the molecule is S=C(NCc1ccc(Br)cc1)c1ccc(Br)cc1. The highest BCUT2D eigenvalue weighted by molar-refractivity contribution is 9.10. The Kier molecular flexibility index (Phi) is 4.92. The van der Waals surface area contributed by atoms with Crippen LogP contribution in [-0.2, 0) is 6.54 Å². The molecule has 0 amide bonds. The van der Waals surface area contributed by atoms with Gasteiger partial charge < -0.3 is 5.32 Å². The fourth-order valence-electron chi connectivity index (χ4n) is 1.49. The second kappa shape index (κ2) is 6.45. The van der Waals surface area contributed by atoms with Crippen LogP contribution in [0.15, 0.2) is 57.5 Å². The fraction of sp³-hybridized carbons (Fsp3) is 0.0714. The van der Waals surface area contributed by atoms with E-state index in [0.29, 0.717) is 0 Å². The van der Waals surface area contributed by atoms with Crippen LogP contribution in [0.4, 0.5) is 0 Å². The molecular weight excluding hydrogens is 374 g/mol. The normalized spacial score (nSPS) is 10.1. The van der Waals surface area contributed by atoms with Gasteiger partial charge >= 0.3 is 0 Å². The predicted molar refractivity (Wildman–Crippen MR) is 86.8 cm³/mol. The summed E-state index contributed by atoms with van der Waals surface area (Å²) in [6, 6.07) is 16.2. The van der Waals surface area contributed by atoms with Crippen LogP contribution >= 0.6 is 44.1 Å². The topological polar surface area (TPSA) is 12.0 Å². The number of thiocarbonyl (C=S) groups is 1. The zero-order valence-corrected chi connectivity index (χ0v) is 13.5. The molecule has 4 heteroatoms. The molecule has 0 heterocycles. The summed E-state index contributed by atoms with van der Waals surface area (Å²) in [6.45, 7) is 0.738. The van der Waals surface area contributed by atoms with Gasteiger partial charge in [-0.05, 0) is 29.8 Å². The average molecular weight is 385 g/mol. The third-order valence-corrected chi connectivity index (χ3v) is 3.91. The highest BCUT2D eigenvalue weighted by Gasteiger charge is 2.00. The van der Waals surface area contributed by atoms with Gasteiger partial charge in [0.1, 0.15) is 4.99 Å². The Labute approximate surface area is 129 Å². The van der Waals surface area contributed by atoms with Crippen molar-refractivity contribution in [2.24, 2.45) is 0 Å². The Morgan fingerprint density at radius 2 is 1.39 bits per heavy atom. The molecule has 0 aliphatic rings. The molecule has 2 aromatic rings. The molecule has 0 atom stereocenters. The summed E-state index contributed by atoms with van der Waals surface area (Å²) in [5.41, 5.74) is 2.24. The number of hydrogen-bond donors (Lipinski definition) is 1. The van der Waals surface area contributed by atoms with E-state index in [0.717, 1.165) is 26.0 Å². The van der Waals surface area contributed by atoms with Crippen LogP contribution in [0.25, 0.3) is 0 Å². The Morgan fingerprint density at radius 1 is 0.889 bits per heavy atom. The van der Waals surface area contributed by atoms with Crippen molar-refractivity contribution >= 4 is 49.1 Å². The van der Waals surface area contributed by atoms with Crippen LogP contribution in [0.3, 0.4) is 0 Å². The van der Waals surface area contributed by atoms with Crippen LogP contribution in [0.1, 0.15) is 11.1 Å². The number of benzene rings is 2. The minimum Gasteiger partial charge on any atom is -0.372 e. The van der Waals surface area contributed by atoms with Crippen LogP contribution in [-0.4, -0.2) is 4.99 Å². The molecule has 1 nitrogen and oxygen atoms in total. The first-order valence-corrected chi connectivity index (χ1v) is 7.43. The molecule has 0 radical (unpaired) electrons. The Balaban J connectivity index is 1.96. The van der Waals surface area contributed by atoms with E-state index in [1.54, 1.807) is 0 Å². The lowest BCUT2D eigenvalue weighted by molar-refractivity contribution is 0.928. The maximum Gasteiger partial charge on any atom is 0.106 e. The lowest BCUT2D eigenvalue weighted by atomic mass is 10.2. The van der Waals surface area contributed by atoms with Crippen LogP contribution < -0.4 is 5.32 Å². The quantitative estimate of drug-likeness (QED) is 0.771. The molecular formula is C14H11Br2NS. The summed E-state index contributed by atoms with van der Waals surface area (Å²) in [6.07, 6.45) is 0. The average Bonchev–Trinajstić information content (AvgIpc) is 2.38. The first-order valence-electron chi connectivity index (χ1n) is 5.43. The fourth-order valence-corrected chi connectivity index (χ4v) is 2.22. The summed E-state index contributed by atoms with van der Waals surface area (Å²) in [4.78, 5) is 0.769. The summed E-state index contributed by atoms with van der Waals surface area (Å²) >= 11 is 12.2. The van der Waals surface area contributed by atoms with Crippen molar-refractivity contribution in [2.75, 3.05) is 0 Å². The predicted octanol–water partition coefficient (Wildman–Crippen LogP) is 4.68. The van der Waals surface area contributed by atoms with Crippen LogP contribution in [0.5, 0.6) is 0 Å². The molecule has 0 spiro atoms. The first kappa shape index (κ1) is 13.7. The van der Waals surface area contributed by atoms with Gasteiger partial charge in [0.2, 0.25) is 0 Å². The number of nitrogens with one attached hydrogen (secondary N) is 1. The van der Waals surface area contributed by atoms with E-state index >= 15 is 0 Å². The minimum atomic E-state index is 0.738. The second-order valence-corrected chi connectivity index (χ2v) is 6.06. The number of hydrogen-bond acceptors (Lipinski definition) is 1. The maximum atomic E-state index is 5.35. The molecule has 0 aromatic heterocycles. The van der Waals surface area contributed by atoms with Gasteiger partial charge in [-0.1, -0.05) is 68.3 Å². The van der Waals surface area contributed by atoms with Crippen molar-refractivity contribution in [3.05, 3.63) is 68.6 Å². The van der Waals surface area contributed by atoms with E-state index in [1.807, 2.05) is 36.4 Å². The summed E-state index contributed by atoms with van der Waals surface area (Å²) in [7, 11) is 0. The molecule has 0 unspecified atom stereocenters. The van der Waals surface area contributed by atoms with Gasteiger partial charge in [-0.15, -0.1) is 0 Å². The highest BCUT2D eigenvalue weighted by atomic mass is 79.9. The molecule has 2 rings (SSSR count). The molecule has 0 bridgehead atoms. The van der Waals surface area contributed by atoms with Crippen molar-refractivity contribution < 1.29 is 0 Å². The second-order valence-electron chi connectivity index (χ2n) is 3.82. The summed E-state index contributed by atoms with van der Waals surface area (Å²) in [5, 5.41) is 3.25. The molecule has 1 N–H and O–H groups in total. The standard InChI is InChI=1S/C14H11Br2NS/c15-12-5-1-10(2-6-12)9-17-14(18)11-3-7-13(16)8-4-11/h1-8H,9H2,(H,17,18). The van der Waals surface area contributed by atoms with Crippen molar-refractivity contribution in [2.45, 2.75) is 6.54 Å². The van der Waals surface area contributed by atoms with Gasteiger partial charge in [0.05, 0.1) is 0 Å². The molecule has 0 saturated heterocycles. The van der Waals surface area contributed by atoms with Gasteiger partial charge in [0.15, 0.2) is 0 Å². The van der Waals surface area contributed by atoms with Crippen molar-refractivity contribution in [1.82, 2.24) is 5.32 Å². The van der Waals surface area contributed by atoms with Crippen molar-refractivity contribution in [1.29, 1.82) is 0 Å². The van der Waals surface area contributed by atoms with E-state index < -0.39 is 0 Å². The van der Waals surface area contributed by atoms with Crippen molar-refractivity contribution in [3.63, 3.8) is 0 Å². The zero-order valence-electron chi connectivity index (χ0n) is 9.49. The largest absolute Gasteiger partial charge is 0.372 e. The van der Waals surface area contributed by atoms with Gasteiger partial charge in [-0.2, -0.15) is 0 Å². The van der Waals surface area contributed by atoms with Crippen LogP contribution in [0, 0.1) is 0 Å². The lowest BCUT2D eigenvalue weighted by Crippen LogP contribution is -2.21. The number of rotatable bonds is 3. The summed E-state index contributed by atoms with van der Waals surface area (Å²) < 4.78 is 2.14. The van der Waals surface area contributed by atoms with Gasteiger partial charge in [-0.25, -0.2) is 0 Å². The monoisotopic (exact) mass is 383 g/mol. The lowest BCUT2D eigenvalue weighted by Gasteiger charge is -2.08. The van der Waals surface area contributed by atoms with E-state index in [9.17, 15) is 0 Å². The van der Waals surface area contributed by atoms with E-state index in [1.165, 1.54) is 5.56 Å². The van der Waals surface area contributed by atoms with Gasteiger partial charge in [0.25, 0.3) is 0 Å². The van der Waals surface area contributed by atoms with Crippen molar-refractivity contribution in [3.8, 4) is 0 Å². The van der Waals surface area contributed by atoms with E-state index in [-0.39, 0.29) is 0 Å². The molecule has 0 saturated carbocycles. The van der Waals surface area contributed by atoms with E-state index in [4.69, 9.17) is 12.2 Å². The zero-order chi connectivity index (χ0) is 13.0. The van der Waals surface area contributed by atoms with E-state index in [2.05, 4.69) is 49.3 Å². The van der Waals surface area contributed by atoms with Crippen LogP contribution in [0.2, 0.25) is 0 Å². The molecule has 92 valence electrons. The Morgan fingerprint density at radius 3 is 1.94 bits per heavy atom. The molecule has 0 fully saturated rings. The van der Waals surface area contributed by atoms with Gasteiger partial charge in [0, 0.05) is 21.1 Å². The number of halogens is 2. The maximum absolute atomic E-state index is 5.35. The molecule has 18 heavy (non-hydrogen) atoms. The third kappa shape index (κ3) is 3.90. The third-order valence-electron chi connectivity index (χ3n) is 2.47. The Bertz CT molecular complexity index is 535.